The Labute approximate surface area is 137 Å². The van der Waals surface area contributed by atoms with E-state index in [1.807, 2.05) is 42.5 Å². The minimum absolute atomic E-state index is 0.0874. The first-order valence-corrected chi connectivity index (χ1v) is 7.99. The zero-order chi connectivity index (χ0) is 16.6. The van der Waals surface area contributed by atoms with Crippen LogP contribution in [0.4, 0.5) is 5.69 Å². The molecule has 0 aliphatic heterocycles. The molecule has 1 N–H and O–H groups in total. The molecule has 0 unspecified atom stereocenters. The molecule has 23 heavy (non-hydrogen) atoms. The van der Waals surface area contributed by atoms with Crippen LogP contribution in [-0.2, 0) is 18.9 Å². The van der Waals surface area contributed by atoms with Gasteiger partial charge in [-0.25, -0.2) is 4.79 Å². The number of fused-ring (bicyclic) bond motifs is 1. The molecule has 0 fully saturated rings. The fraction of sp³-hybridized carbons (Fsp3) is 0.176. The first kappa shape index (κ1) is 15.4. The summed E-state index contributed by atoms with van der Waals surface area (Å²) in [6.45, 7) is 1.48. The van der Waals surface area contributed by atoms with Crippen LogP contribution in [0, 0.1) is 0 Å². The Kier molecular flexibility index (Phi) is 4.00. The lowest BCUT2D eigenvalue weighted by atomic mass is 10.2. The van der Waals surface area contributed by atoms with E-state index < -0.39 is 0 Å². The number of aryl methyl sites for hydroxylation is 2. The number of amides is 1. The zero-order valence-electron chi connectivity index (χ0n) is 13.2. The molecule has 0 radical (unpaired) electrons. The van der Waals surface area contributed by atoms with Crippen molar-refractivity contribution in [3.63, 3.8) is 0 Å². The van der Waals surface area contributed by atoms with Crippen LogP contribution in [0.15, 0.2) is 57.1 Å². The number of hydrogen-bond donors (Lipinski definition) is 1. The van der Waals surface area contributed by atoms with Crippen molar-refractivity contribution in [1.82, 2.24) is 9.13 Å². The van der Waals surface area contributed by atoms with E-state index in [-0.39, 0.29) is 11.6 Å². The van der Waals surface area contributed by atoms with E-state index in [0.29, 0.717) is 5.69 Å². The van der Waals surface area contributed by atoms with Gasteiger partial charge in [-0.3, -0.25) is 13.9 Å². The third-order valence-electron chi connectivity index (χ3n) is 3.66. The van der Waals surface area contributed by atoms with Gasteiger partial charge in [0.2, 0.25) is 5.91 Å². The molecule has 0 spiro atoms. The van der Waals surface area contributed by atoms with Gasteiger partial charge in [-0.1, -0.05) is 30.0 Å². The summed E-state index contributed by atoms with van der Waals surface area (Å²) in [6, 6.07) is 13.7. The van der Waals surface area contributed by atoms with Gasteiger partial charge in [0.25, 0.3) is 0 Å². The lowest BCUT2D eigenvalue weighted by Gasteiger charge is -2.11. The van der Waals surface area contributed by atoms with Gasteiger partial charge in [-0.2, -0.15) is 0 Å². The van der Waals surface area contributed by atoms with Crippen LogP contribution in [0.5, 0.6) is 0 Å². The smallest absolute Gasteiger partial charge is 0.325 e. The molecule has 2 aromatic carbocycles. The molecule has 0 bridgehead atoms. The molecule has 118 valence electrons. The molecule has 0 aliphatic carbocycles. The molecule has 5 nitrogen and oxygen atoms in total. The number of imidazole rings is 1. The predicted octanol–water partition coefficient (Wildman–Crippen LogP) is 2.99. The van der Waals surface area contributed by atoms with Gasteiger partial charge in [-0.15, -0.1) is 0 Å². The number of aromatic nitrogens is 2. The van der Waals surface area contributed by atoms with E-state index in [9.17, 15) is 9.59 Å². The van der Waals surface area contributed by atoms with Gasteiger partial charge in [0.15, 0.2) is 0 Å². The van der Waals surface area contributed by atoms with E-state index in [1.165, 1.54) is 6.92 Å². The van der Waals surface area contributed by atoms with Gasteiger partial charge in [-0.05, 0) is 24.3 Å². The van der Waals surface area contributed by atoms with Crippen LogP contribution in [0.2, 0.25) is 0 Å². The summed E-state index contributed by atoms with van der Waals surface area (Å²) >= 11 is 1.56. The molecule has 0 atom stereocenters. The Morgan fingerprint density at radius 3 is 2.26 bits per heavy atom. The number of nitrogens with one attached hydrogen (secondary N) is 1. The fourth-order valence-corrected chi connectivity index (χ4v) is 3.45. The van der Waals surface area contributed by atoms with Gasteiger partial charge in [0.05, 0.1) is 16.7 Å². The summed E-state index contributed by atoms with van der Waals surface area (Å²) in [7, 11) is 3.48. The summed E-state index contributed by atoms with van der Waals surface area (Å²) in [5, 5.41) is 2.86. The van der Waals surface area contributed by atoms with Crippen LogP contribution in [-0.4, -0.2) is 15.0 Å². The standard InChI is InChI=1S/C17H17N3O2S/c1-11(21)18-13-9-14-15(20(3)17(22)19(14)2)10-16(13)23-12-7-5-4-6-8-12/h4-10H,1-3H3,(H,18,21). The van der Waals surface area contributed by atoms with Crippen molar-refractivity contribution in [3.05, 3.63) is 52.9 Å². The summed E-state index contributed by atoms with van der Waals surface area (Å²) in [4.78, 5) is 25.6. The maximum absolute atomic E-state index is 12.1. The van der Waals surface area contributed by atoms with Gasteiger partial charge in [0, 0.05) is 30.8 Å². The summed E-state index contributed by atoms with van der Waals surface area (Å²) in [5.74, 6) is -0.139. The molecular formula is C17H17N3O2S. The highest BCUT2D eigenvalue weighted by atomic mass is 32.2. The highest BCUT2D eigenvalue weighted by Crippen LogP contribution is 2.36. The second-order valence-electron chi connectivity index (χ2n) is 5.33. The maximum atomic E-state index is 12.1. The summed E-state index contributed by atoms with van der Waals surface area (Å²) in [6.07, 6.45) is 0. The number of anilines is 1. The van der Waals surface area contributed by atoms with Gasteiger partial charge >= 0.3 is 5.69 Å². The topological polar surface area (TPSA) is 56.0 Å². The van der Waals surface area contributed by atoms with Crippen molar-refractivity contribution in [2.45, 2.75) is 16.7 Å². The number of carbonyl (C=O) groups is 1. The molecule has 3 rings (SSSR count). The lowest BCUT2D eigenvalue weighted by Crippen LogP contribution is -2.19. The van der Waals surface area contributed by atoms with E-state index >= 15 is 0 Å². The average Bonchev–Trinajstić information content (AvgIpc) is 2.73. The van der Waals surface area contributed by atoms with Crippen LogP contribution in [0.3, 0.4) is 0 Å². The first-order valence-electron chi connectivity index (χ1n) is 7.17. The highest BCUT2D eigenvalue weighted by molar-refractivity contribution is 7.99. The Hall–Kier alpha value is -2.47. The van der Waals surface area contributed by atoms with E-state index in [2.05, 4.69) is 5.32 Å². The molecule has 0 saturated heterocycles. The molecule has 3 aromatic rings. The van der Waals surface area contributed by atoms with Crippen molar-refractivity contribution < 1.29 is 4.79 Å². The van der Waals surface area contributed by atoms with Crippen molar-refractivity contribution >= 4 is 34.4 Å². The molecular weight excluding hydrogens is 310 g/mol. The van der Waals surface area contributed by atoms with Gasteiger partial charge < -0.3 is 5.32 Å². The van der Waals surface area contributed by atoms with Crippen LogP contribution < -0.4 is 11.0 Å². The fourth-order valence-electron chi connectivity index (χ4n) is 2.51. The number of benzene rings is 2. The first-order chi connectivity index (χ1) is 11.0. The SMILES string of the molecule is CC(=O)Nc1cc2c(cc1Sc1ccccc1)n(C)c(=O)n2C. The normalized spacial score (nSPS) is 10.9. The average molecular weight is 327 g/mol. The zero-order valence-corrected chi connectivity index (χ0v) is 14.0. The summed E-state index contributed by atoms with van der Waals surface area (Å²) in [5.41, 5.74) is 2.25. The number of nitrogens with zero attached hydrogens (tertiary/aromatic N) is 2. The number of carbonyl (C=O) groups excluding carboxylic acids is 1. The minimum Gasteiger partial charge on any atom is -0.325 e. The van der Waals surface area contributed by atoms with E-state index in [1.54, 1.807) is 35.0 Å². The van der Waals surface area contributed by atoms with E-state index in [4.69, 9.17) is 0 Å². The largest absolute Gasteiger partial charge is 0.328 e. The Balaban J connectivity index is 2.19. The third kappa shape index (κ3) is 2.90. The quantitative estimate of drug-likeness (QED) is 0.804. The monoisotopic (exact) mass is 327 g/mol. The molecule has 0 saturated carbocycles. The Morgan fingerprint density at radius 2 is 1.65 bits per heavy atom. The van der Waals surface area contributed by atoms with Crippen molar-refractivity contribution in [3.8, 4) is 0 Å². The third-order valence-corrected chi connectivity index (χ3v) is 4.72. The number of hydrogen-bond acceptors (Lipinski definition) is 3. The second-order valence-corrected chi connectivity index (χ2v) is 6.45. The van der Waals surface area contributed by atoms with Gasteiger partial charge in [0.1, 0.15) is 0 Å². The van der Waals surface area contributed by atoms with Crippen LogP contribution in [0.1, 0.15) is 6.92 Å². The van der Waals surface area contributed by atoms with Crippen molar-refractivity contribution in [2.75, 3.05) is 5.32 Å². The maximum Gasteiger partial charge on any atom is 0.328 e. The number of rotatable bonds is 3. The summed E-state index contributed by atoms with van der Waals surface area (Å²) < 4.78 is 3.19. The molecule has 1 heterocycles. The molecule has 1 aromatic heterocycles. The molecule has 1 amide bonds. The Morgan fingerprint density at radius 1 is 1.04 bits per heavy atom. The van der Waals surface area contributed by atoms with E-state index in [0.717, 1.165) is 20.8 Å². The minimum atomic E-state index is -0.139. The highest BCUT2D eigenvalue weighted by Gasteiger charge is 2.14. The van der Waals surface area contributed by atoms with Crippen LogP contribution >= 0.6 is 11.8 Å². The van der Waals surface area contributed by atoms with Crippen molar-refractivity contribution in [1.29, 1.82) is 0 Å². The van der Waals surface area contributed by atoms with Crippen molar-refractivity contribution in [2.24, 2.45) is 14.1 Å². The lowest BCUT2D eigenvalue weighted by molar-refractivity contribution is -0.114. The van der Waals surface area contributed by atoms with Crippen LogP contribution in [0.25, 0.3) is 11.0 Å². The second kappa shape index (κ2) is 5.96. The predicted molar refractivity (Wildman–Crippen MR) is 93.0 cm³/mol. The Bertz CT molecular complexity index is 942. The molecule has 0 aliphatic rings. The molecule has 6 heteroatoms.